The molecule has 2 aromatic rings. The number of benzene rings is 2. The van der Waals surface area contributed by atoms with Crippen LogP contribution >= 0.6 is 12.0 Å². The number of rotatable bonds is 17. The molecule has 0 bridgehead atoms. The van der Waals surface area contributed by atoms with Gasteiger partial charge in [0.25, 0.3) is 11.8 Å². The zero-order chi connectivity index (χ0) is 27.1. The standard InChI is InChI=1S/C24H35N5O6S2/c1-2-29(11-13-34-35-36-14-9-27-23(30)19-5-3-7-21(25)17-19)12-16-37(32,33)15-10-28-24(31)20-6-4-8-22(26)18-20/h3-8,17-18H,2,9-16,25-26H2,1H3,(H,27,30)(H,28,31). The van der Waals surface area contributed by atoms with Crippen LogP contribution in [0.5, 0.6) is 0 Å². The van der Waals surface area contributed by atoms with Gasteiger partial charge in [-0.2, -0.15) is 4.33 Å². The van der Waals surface area contributed by atoms with E-state index in [1.165, 1.54) is 6.07 Å². The number of hydrogen-bond donors (Lipinski definition) is 4. The summed E-state index contributed by atoms with van der Waals surface area (Å²) in [5.41, 5.74) is 13.2. The highest BCUT2D eigenvalue weighted by Crippen LogP contribution is 2.08. The second kappa shape index (κ2) is 16.1. The van der Waals surface area contributed by atoms with Gasteiger partial charge < -0.3 is 27.0 Å². The molecule has 0 heterocycles. The highest BCUT2D eigenvalue weighted by atomic mass is 32.2. The van der Waals surface area contributed by atoms with E-state index in [2.05, 4.69) is 10.6 Å². The van der Waals surface area contributed by atoms with E-state index in [0.29, 0.717) is 54.4 Å². The summed E-state index contributed by atoms with van der Waals surface area (Å²) >= 11 is 1.06. The van der Waals surface area contributed by atoms with Gasteiger partial charge in [-0.15, -0.1) is 0 Å². The molecule has 0 spiro atoms. The Morgan fingerprint density at radius 1 is 0.919 bits per heavy atom. The summed E-state index contributed by atoms with van der Waals surface area (Å²) in [6, 6.07) is 13.2. The van der Waals surface area contributed by atoms with Gasteiger partial charge >= 0.3 is 0 Å². The van der Waals surface area contributed by atoms with E-state index in [1.54, 1.807) is 42.5 Å². The van der Waals surface area contributed by atoms with Crippen molar-refractivity contribution in [3.05, 3.63) is 59.7 Å². The fraction of sp³-hybridized carbons (Fsp3) is 0.417. The fourth-order valence-corrected chi connectivity index (χ4v) is 4.70. The molecule has 37 heavy (non-hydrogen) atoms. The number of nitrogens with zero attached hydrogens (tertiary/aromatic N) is 1. The first-order valence-corrected chi connectivity index (χ1v) is 14.5. The molecule has 0 unspecified atom stereocenters. The highest BCUT2D eigenvalue weighted by Gasteiger charge is 2.15. The third-order valence-electron chi connectivity index (χ3n) is 5.22. The van der Waals surface area contributed by atoms with Gasteiger partial charge in [-0.3, -0.25) is 9.59 Å². The van der Waals surface area contributed by atoms with Gasteiger partial charge in [0, 0.05) is 66.5 Å². The Morgan fingerprint density at radius 2 is 1.51 bits per heavy atom. The number of carbonyl (C=O) groups excluding carboxylic acids is 2. The lowest BCUT2D eigenvalue weighted by atomic mass is 10.2. The molecule has 0 aliphatic rings. The Morgan fingerprint density at radius 3 is 2.08 bits per heavy atom. The van der Waals surface area contributed by atoms with E-state index in [1.807, 2.05) is 11.8 Å². The van der Waals surface area contributed by atoms with Crippen LogP contribution in [0.25, 0.3) is 0 Å². The summed E-state index contributed by atoms with van der Waals surface area (Å²) in [5.74, 6) is -0.277. The molecule has 2 amide bonds. The Balaban J connectivity index is 1.54. The first-order chi connectivity index (χ1) is 17.7. The van der Waals surface area contributed by atoms with Gasteiger partial charge in [-0.25, -0.2) is 13.3 Å². The summed E-state index contributed by atoms with van der Waals surface area (Å²) in [4.78, 5) is 31.2. The Labute approximate surface area is 222 Å². The SMILES string of the molecule is CCN(CCOOSCCNC(=O)c1cccc(N)c1)CCS(=O)(=O)CCNC(=O)c1cccc(N)c1. The normalized spacial score (nSPS) is 11.4. The molecule has 11 nitrogen and oxygen atoms in total. The van der Waals surface area contributed by atoms with E-state index >= 15 is 0 Å². The molecule has 0 saturated carbocycles. The van der Waals surface area contributed by atoms with Crippen molar-refractivity contribution < 1.29 is 27.2 Å². The molecule has 0 aromatic heterocycles. The Kier molecular flexibility index (Phi) is 13.2. The van der Waals surface area contributed by atoms with Crippen molar-refractivity contribution in [1.82, 2.24) is 15.5 Å². The molecule has 13 heteroatoms. The van der Waals surface area contributed by atoms with Crippen LogP contribution in [0.15, 0.2) is 48.5 Å². The average molecular weight is 554 g/mol. The highest BCUT2D eigenvalue weighted by molar-refractivity contribution is 7.94. The van der Waals surface area contributed by atoms with Crippen molar-refractivity contribution in [1.29, 1.82) is 0 Å². The van der Waals surface area contributed by atoms with Crippen LogP contribution < -0.4 is 22.1 Å². The number of hydrogen-bond acceptors (Lipinski definition) is 10. The van der Waals surface area contributed by atoms with Gasteiger partial charge in [-0.1, -0.05) is 19.1 Å². The first kappa shape index (κ1) is 30.4. The molecule has 0 fully saturated rings. The smallest absolute Gasteiger partial charge is 0.251 e. The zero-order valence-electron chi connectivity index (χ0n) is 20.9. The van der Waals surface area contributed by atoms with Crippen LogP contribution in [-0.4, -0.2) is 81.7 Å². The van der Waals surface area contributed by atoms with Crippen LogP contribution in [0.1, 0.15) is 27.6 Å². The molecule has 2 aromatic carbocycles. The summed E-state index contributed by atoms with van der Waals surface area (Å²) in [6.07, 6.45) is 0. The van der Waals surface area contributed by atoms with Crippen molar-refractivity contribution in [2.75, 3.05) is 68.1 Å². The minimum atomic E-state index is -3.35. The number of carbonyl (C=O) groups is 2. The van der Waals surface area contributed by atoms with E-state index < -0.39 is 9.84 Å². The maximum Gasteiger partial charge on any atom is 0.251 e. The summed E-state index contributed by atoms with van der Waals surface area (Å²) in [7, 11) is -3.35. The van der Waals surface area contributed by atoms with Crippen molar-refractivity contribution in [3.8, 4) is 0 Å². The molecule has 0 aliphatic carbocycles. The van der Waals surface area contributed by atoms with Crippen molar-refractivity contribution in [2.45, 2.75) is 6.92 Å². The molecule has 0 radical (unpaired) electrons. The monoisotopic (exact) mass is 553 g/mol. The number of likely N-dealkylation sites (N-methyl/N-ethyl adjacent to an activating group) is 1. The molecular formula is C24H35N5O6S2. The molecule has 0 aliphatic heterocycles. The van der Waals surface area contributed by atoms with Crippen LogP contribution in [0.3, 0.4) is 0 Å². The fourth-order valence-electron chi connectivity index (χ4n) is 3.16. The number of nitrogen functional groups attached to an aromatic ring is 2. The Bertz CT molecular complexity index is 1120. The molecule has 204 valence electrons. The largest absolute Gasteiger partial charge is 0.399 e. The minimum Gasteiger partial charge on any atom is -0.399 e. The lowest BCUT2D eigenvalue weighted by Gasteiger charge is -2.19. The predicted octanol–water partition coefficient (Wildman–Crippen LogP) is 1.34. The topological polar surface area (TPSA) is 166 Å². The van der Waals surface area contributed by atoms with Crippen LogP contribution in [0.2, 0.25) is 0 Å². The van der Waals surface area contributed by atoms with Crippen LogP contribution in [-0.2, 0) is 19.1 Å². The minimum absolute atomic E-state index is 0.0239. The van der Waals surface area contributed by atoms with Gasteiger partial charge in [0.2, 0.25) is 0 Å². The zero-order valence-corrected chi connectivity index (χ0v) is 22.5. The van der Waals surface area contributed by atoms with Crippen molar-refractivity contribution >= 4 is 45.1 Å². The predicted molar refractivity (Wildman–Crippen MR) is 147 cm³/mol. The third kappa shape index (κ3) is 12.3. The van der Waals surface area contributed by atoms with Gasteiger partial charge in [0.15, 0.2) is 9.84 Å². The Hall–Kier alpha value is -2.84. The van der Waals surface area contributed by atoms with Gasteiger partial charge in [0.05, 0.1) is 18.1 Å². The quantitative estimate of drug-likeness (QED) is 0.0738. The second-order valence-electron chi connectivity index (χ2n) is 8.06. The summed E-state index contributed by atoms with van der Waals surface area (Å²) in [6.45, 7) is 4.08. The molecule has 6 N–H and O–H groups in total. The van der Waals surface area contributed by atoms with E-state index in [4.69, 9.17) is 20.7 Å². The maximum atomic E-state index is 12.4. The van der Waals surface area contributed by atoms with Gasteiger partial charge in [-0.05, 0) is 42.9 Å². The molecule has 0 saturated heterocycles. The lowest BCUT2D eigenvalue weighted by Crippen LogP contribution is -2.35. The van der Waals surface area contributed by atoms with E-state index in [9.17, 15) is 18.0 Å². The molecular weight excluding hydrogens is 518 g/mol. The number of sulfone groups is 1. The number of amides is 2. The summed E-state index contributed by atoms with van der Waals surface area (Å²) < 4.78 is 29.8. The summed E-state index contributed by atoms with van der Waals surface area (Å²) in [5, 5.41) is 5.37. The van der Waals surface area contributed by atoms with E-state index in [0.717, 1.165) is 12.0 Å². The second-order valence-corrected chi connectivity index (χ2v) is 11.1. The number of nitrogens with one attached hydrogen (secondary N) is 2. The maximum absolute atomic E-state index is 12.4. The van der Waals surface area contributed by atoms with Gasteiger partial charge in [0.1, 0.15) is 0 Å². The van der Waals surface area contributed by atoms with Crippen LogP contribution in [0, 0.1) is 0 Å². The van der Waals surface area contributed by atoms with Crippen molar-refractivity contribution in [2.24, 2.45) is 0 Å². The first-order valence-electron chi connectivity index (χ1n) is 11.8. The molecule has 0 atom stereocenters. The third-order valence-corrected chi connectivity index (χ3v) is 7.41. The average Bonchev–Trinajstić information content (AvgIpc) is 2.87. The van der Waals surface area contributed by atoms with Crippen LogP contribution in [0.4, 0.5) is 11.4 Å². The molecule has 2 rings (SSSR count). The number of anilines is 2. The van der Waals surface area contributed by atoms with Crippen molar-refractivity contribution in [3.63, 3.8) is 0 Å². The number of nitrogens with two attached hydrogens (primary N) is 2. The lowest BCUT2D eigenvalue weighted by molar-refractivity contribution is -0.193. The van der Waals surface area contributed by atoms with E-state index in [-0.39, 0.29) is 36.5 Å².